The maximum atomic E-state index is 12.2. The first-order valence-corrected chi connectivity index (χ1v) is 7.49. The van der Waals surface area contributed by atoms with Crippen LogP contribution in [0.1, 0.15) is 30.9 Å². The van der Waals surface area contributed by atoms with Gasteiger partial charge in [0.15, 0.2) is 6.10 Å². The fourth-order valence-electron chi connectivity index (χ4n) is 2.56. The van der Waals surface area contributed by atoms with Gasteiger partial charge in [-0.15, -0.1) is 0 Å². The molecule has 0 fully saturated rings. The molecule has 4 nitrogen and oxygen atoms in total. The molecule has 0 aliphatic carbocycles. The Hall–Kier alpha value is -2.49. The minimum atomic E-state index is -0.513. The molecular weight excluding hydrogens is 276 g/mol. The Bertz CT molecular complexity index is 693. The molecule has 114 valence electrons. The van der Waals surface area contributed by atoms with E-state index in [1.165, 1.54) is 5.56 Å². The molecule has 0 spiro atoms. The molecular formula is C18H20N2O2. The highest BCUT2D eigenvalue weighted by Gasteiger charge is 2.27. The molecule has 3 rings (SSSR count). The number of nitrogen functional groups attached to an aromatic ring is 1. The molecule has 1 unspecified atom stereocenters. The van der Waals surface area contributed by atoms with E-state index in [2.05, 4.69) is 43.4 Å². The molecule has 4 heteroatoms. The fraction of sp³-hybridized carbons (Fsp3) is 0.278. The number of rotatable bonds is 3. The van der Waals surface area contributed by atoms with Crippen molar-refractivity contribution in [3.8, 4) is 5.75 Å². The molecule has 3 N–H and O–H groups in total. The molecule has 1 heterocycles. The number of amides is 1. The van der Waals surface area contributed by atoms with E-state index >= 15 is 0 Å². The monoisotopic (exact) mass is 296 g/mol. The van der Waals surface area contributed by atoms with Crippen LogP contribution in [0.15, 0.2) is 42.5 Å². The second kappa shape index (κ2) is 5.72. The van der Waals surface area contributed by atoms with Crippen molar-refractivity contribution < 1.29 is 9.53 Å². The van der Waals surface area contributed by atoms with Crippen molar-refractivity contribution in [1.82, 2.24) is 0 Å². The van der Waals surface area contributed by atoms with Crippen LogP contribution in [0.3, 0.4) is 0 Å². The number of fused-ring (bicyclic) bond motifs is 1. The predicted molar refractivity (Wildman–Crippen MR) is 88.1 cm³/mol. The van der Waals surface area contributed by atoms with Gasteiger partial charge in [0.25, 0.3) is 5.91 Å². The molecule has 1 aliphatic heterocycles. The van der Waals surface area contributed by atoms with Crippen LogP contribution >= 0.6 is 0 Å². The highest BCUT2D eigenvalue weighted by Crippen LogP contribution is 2.32. The third-order valence-electron chi connectivity index (χ3n) is 3.89. The summed E-state index contributed by atoms with van der Waals surface area (Å²) < 4.78 is 5.81. The van der Waals surface area contributed by atoms with Gasteiger partial charge >= 0.3 is 0 Å². The summed E-state index contributed by atoms with van der Waals surface area (Å²) in [5, 5.41) is 2.86. The van der Waals surface area contributed by atoms with Crippen LogP contribution in [0.2, 0.25) is 0 Å². The summed E-state index contributed by atoms with van der Waals surface area (Å²) in [5.41, 5.74) is 9.33. The lowest BCUT2D eigenvalue weighted by Crippen LogP contribution is -2.38. The largest absolute Gasteiger partial charge is 0.478 e. The zero-order valence-corrected chi connectivity index (χ0v) is 12.8. The van der Waals surface area contributed by atoms with Crippen LogP contribution in [-0.4, -0.2) is 12.0 Å². The van der Waals surface area contributed by atoms with Gasteiger partial charge in [0.2, 0.25) is 0 Å². The fourth-order valence-corrected chi connectivity index (χ4v) is 2.56. The van der Waals surface area contributed by atoms with E-state index in [4.69, 9.17) is 10.5 Å². The summed E-state index contributed by atoms with van der Waals surface area (Å²) in [6.45, 7) is 4.32. The maximum absolute atomic E-state index is 12.2. The van der Waals surface area contributed by atoms with Gasteiger partial charge in [-0.1, -0.05) is 38.1 Å². The number of anilines is 2. The molecule has 22 heavy (non-hydrogen) atoms. The van der Waals surface area contributed by atoms with E-state index in [0.29, 0.717) is 29.5 Å². The topological polar surface area (TPSA) is 64.3 Å². The predicted octanol–water partition coefficient (Wildman–Crippen LogP) is 3.33. The summed E-state index contributed by atoms with van der Waals surface area (Å²) in [6, 6.07) is 13.6. The Kier molecular flexibility index (Phi) is 3.75. The highest BCUT2D eigenvalue weighted by atomic mass is 16.5. The van der Waals surface area contributed by atoms with Crippen LogP contribution in [0.5, 0.6) is 5.75 Å². The van der Waals surface area contributed by atoms with Crippen molar-refractivity contribution in [3.63, 3.8) is 0 Å². The van der Waals surface area contributed by atoms with E-state index in [0.717, 1.165) is 5.56 Å². The van der Waals surface area contributed by atoms with E-state index < -0.39 is 6.10 Å². The van der Waals surface area contributed by atoms with E-state index in [9.17, 15) is 4.79 Å². The summed E-state index contributed by atoms with van der Waals surface area (Å²) in [5.74, 6) is 1.03. The number of carbonyl (C=O) groups excluding carboxylic acids is 1. The zero-order valence-electron chi connectivity index (χ0n) is 12.8. The van der Waals surface area contributed by atoms with Gasteiger partial charge in [-0.2, -0.15) is 0 Å². The van der Waals surface area contributed by atoms with Crippen molar-refractivity contribution in [2.75, 3.05) is 11.1 Å². The minimum absolute atomic E-state index is 0.133. The van der Waals surface area contributed by atoms with Gasteiger partial charge in [-0.25, -0.2) is 0 Å². The van der Waals surface area contributed by atoms with Gasteiger partial charge < -0.3 is 15.8 Å². The average molecular weight is 296 g/mol. The lowest BCUT2D eigenvalue weighted by atomic mass is 9.99. The lowest BCUT2D eigenvalue weighted by molar-refractivity contribution is -0.123. The van der Waals surface area contributed by atoms with Gasteiger partial charge in [-0.3, -0.25) is 4.79 Å². The standard InChI is InChI=1S/C18H20N2O2/c1-11(2)13-5-3-12(4-6-13)9-17-18(21)20-15-10-14(19)7-8-16(15)22-17/h3-8,10-11,17H,9,19H2,1-2H3,(H,20,21). The molecule has 0 radical (unpaired) electrons. The number of carbonyl (C=O) groups is 1. The lowest BCUT2D eigenvalue weighted by Gasteiger charge is -2.26. The second-order valence-electron chi connectivity index (χ2n) is 5.95. The van der Waals surface area contributed by atoms with Gasteiger partial charge in [0, 0.05) is 12.1 Å². The second-order valence-corrected chi connectivity index (χ2v) is 5.95. The van der Waals surface area contributed by atoms with Crippen LogP contribution in [-0.2, 0) is 11.2 Å². The van der Waals surface area contributed by atoms with Crippen molar-refractivity contribution in [2.24, 2.45) is 0 Å². The molecule has 0 bridgehead atoms. The quantitative estimate of drug-likeness (QED) is 0.854. The van der Waals surface area contributed by atoms with Crippen molar-refractivity contribution in [2.45, 2.75) is 32.3 Å². The van der Waals surface area contributed by atoms with Crippen LogP contribution in [0, 0.1) is 0 Å². The van der Waals surface area contributed by atoms with Crippen LogP contribution < -0.4 is 15.8 Å². The number of benzene rings is 2. The normalized spacial score (nSPS) is 16.9. The molecule has 0 aromatic heterocycles. The van der Waals surface area contributed by atoms with Gasteiger partial charge in [0.1, 0.15) is 5.75 Å². The Labute approximate surface area is 130 Å². The molecule has 2 aromatic carbocycles. The van der Waals surface area contributed by atoms with Crippen LogP contribution in [0.4, 0.5) is 11.4 Å². The summed E-state index contributed by atoms with van der Waals surface area (Å²) >= 11 is 0. The smallest absolute Gasteiger partial charge is 0.265 e. The molecule has 0 saturated carbocycles. The Morgan fingerprint density at radius 2 is 1.91 bits per heavy atom. The average Bonchev–Trinajstić information content (AvgIpc) is 2.49. The Balaban J connectivity index is 1.75. The van der Waals surface area contributed by atoms with Crippen molar-refractivity contribution in [3.05, 3.63) is 53.6 Å². The number of nitrogens with two attached hydrogens (primary N) is 1. The third-order valence-corrected chi connectivity index (χ3v) is 3.89. The number of hydrogen-bond donors (Lipinski definition) is 2. The van der Waals surface area contributed by atoms with Crippen LogP contribution in [0.25, 0.3) is 0 Å². The first kappa shape index (κ1) is 14.4. The number of nitrogens with one attached hydrogen (secondary N) is 1. The zero-order chi connectivity index (χ0) is 15.7. The molecule has 1 amide bonds. The number of hydrogen-bond acceptors (Lipinski definition) is 3. The van der Waals surface area contributed by atoms with Crippen molar-refractivity contribution in [1.29, 1.82) is 0 Å². The molecule has 2 aromatic rings. The Morgan fingerprint density at radius 3 is 2.59 bits per heavy atom. The van der Waals surface area contributed by atoms with Gasteiger partial charge in [-0.05, 0) is 35.2 Å². The molecule has 1 aliphatic rings. The molecule has 0 saturated heterocycles. The Morgan fingerprint density at radius 1 is 1.18 bits per heavy atom. The highest BCUT2D eigenvalue weighted by molar-refractivity contribution is 5.98. The SMILES string of the molecule is CC(C)c1ccc(CC2Oc3ccc(N)cc3NC2=O)cc1. The summed E-state index contributed by atoms with van der Waals surface area (Å²) in [7, 11) is 0. The summed E-state index contributed by atoms with van der Waals surface area (Å²) in [6.07, 6.45) is 0.0367. The first-order chi connectivity index (χ1) is 10.5. The van der Waals surface area contributed by atoms with E-state index in [-0.39, 0.29) is 5.91 Å². The van der Waals surface area contributed by atoms with Crippen molar-refractivity contribution >= 4 is 17.3 Å². The third kappa shape index (κ3) is 2.91. The summed E-state index contributed by atoms with van der Waals surface area (Å²) in [4.78, 5) is 12.2. The van der Waals surface area contributed by atoms with E-state index in [1.807, 2.05) is 0 Å². The number of ether oxygens (including phenoxy) is 1. The first-order valence-electron chi connectivity index (χ1n) is 7.49. The maximum Gasteiger partial charge on any atom is 0.265 e. The minimum Gasteiger partial charge on any atom is -0.478 e. The molecule has 1 atom stereocenters. The van der Waals surface area contributed by atoms with Gasteiger partial charge in [0.05, 0.1) is 5.69 Å². The van der Waals surface area contributed by atoms with E-state index in [1.54, 1.807) is 18.2 Å².